The van der Waals surface area contributed by atoms with E-state index in [9.17, 15) is 9.90 Å². The van der Waals surface area contributed by atoms with Crippen molar-refractivity contribution in [1.82, 2.24) is 10.2 Å². The van der Waals surface area contributed by atoms with Crippen LogP contribution in [0.5, 0.6) is 5.75 Å². The van der Waals surface area contributed by atoms with E-state index < -0.39 is 12.1 Å². The van der Waals surface area contributed by atoms with Gasteiger partial charge in [0.05, 0.1) is 17.8 Å². The summed E-state index contributed by atoms with van der Waals surface area (Å²) in [5.41, 5.74) is 4.30. The lowest BCUT2D eigenvalue weighted by Crippen LogP contribution is -2.49. The van der Waals surface area contributed by atoms with Crippen molar-refractivity contribution in [2.24, 2.45) is 0 Å². The van der Waals surface area contributed by atoms with Gasteiger partial charge in [0.25, 0.3) is 0 Å². The first-order valence-corrected chi connectivity index (χ1v) is 12.3. The molecule has 2 aliphatic rings. The van der Waals surface area contributed by atoms with Crippen molar-refractivity contribution in [3.63, 3.8) is 0 Å². The molecule has 7 nitrogen and oxygen atoms in total. The average molecular weight is 488 g/mol. The van der Waals surface area contributed by atoms with E-state index in [1.165, 1.54) is 12.5 Å². The molecule has 2 N–H and O–H groups in total. The molecule has 0 amide bonds. The van der Waals surface area contributed by atoms with E-state index in [4.69, 9.17) is 21.4 Å². The Hall–Kier alpha value is -2.32. The molecule has 2 heterocycles. The van der Waals surface area contributed by atoms with Crippen LogP contribution in [0.15, 0.2) is 36.4 Å². The zero-order valence-corrected chi connectivity index (χ0v) is 20.8. The third-order valence-electron chi connectivity index (χ3n) is 6.88. The van der Waals surface area contributed by atoms with Crippen molar-refractivity contribution in [2.75, 3.05) is 31.1 Å². The van der Waals surface area contributed by atoms with Crippen LogP contribution in [0.1, 0.15) is 36.5 Å². The average Bonchev–Trinajstić information content (AvgIpc) is 3.16. The number of carbonyl (C=O) groups is 1. The molecule has 2 atom stereocenters. The summed E-state index contributed by atoms with van der Waals surface area (Å²) in [4.78, 5) is 26.0. The summed E-state index contributed by atoms with van der Waals surface area (Å²) in [6, 6.07) is 12.1. The number of piperidine rings is 1. The first-order chi connectivity index (χ1) is 16.3. The molecule has 0 spiro atoms. The van der Waals surface area contributed by atoms with Crippen LogP contribution in [0.3, 0.4) is 0 Å². The van der Waals surface area contributed by atoms with Gasteiger partial charge in [0.15, 0.2) is 0 Å². The highest BCUT2D eigenvalue weighted by atomic mass is 35.5. The van der Waals surface area contributed by atoms with Crippen molar-refractivity contribution >= 4 is 23.3 Å². The fraction of sp³-hybridized carbons (Fsp3) is 0.500. The molecule has 0 unspecified atom stereocenters. The van der Waals surface area contributed by atoms with E-state index in [1.807, 2.05) is 38.1 Å². The molecule has 34 heavy (non-hydrogen) atoms. The van der Waals surface area contributed by atoms with E-state index >= 15 is 0 Å². The predicted octanol–water partition coefficient (Wildman–Crippen LogP) is 3.62. The molecular formula is C26H34ClN3O4. The number of benzene rings is 2. The largest absolute Gasteiger partial charge is 0.390 e. The highest BCUT2D eigenvalue weighted by Gasteiger charge is 2.35. The molecule has 0 radical (unpaired) electrons. The highest BCUT2D eigenvalue weighted by molar-refractivity contribution is 6.30. The van der Waals surface area contributed by atoms with Crippen LogP contribution in [-0.2, 0) is 16.2 Å². The van der Waals surface area contributed by atoms with Gasteiger partial charge in [-0.05, 0) is 74.7 Å². The Morgan fingerprint density at radius 3 is 2.50 bits per heavy atom. The second kappa shape index (κ2) is 11.0. The number of likely N-dealkylation sites (tertiary alicyclic amines) is 1. The van der Waals surface area contributed by atoms with E-state index in [0.29, 0.717) is 24.9 Å². The number of rotatable bonds is 7. The second-order valence-electron chi connectivity index (χ2n) is 9.43. The predicted molar refractivity (Wildman–Crippen MR) is 133 cm³/mol. The second-order valence-corrected chi connectivity index (χ2v) is 9.87. The molecule has 0 aromatic heterocycles. The number of aryl methyl sites for hydroxylation is 1. The maximum Gasteiger partial charge on any atom is 0.352 e. The molecule has 184 valence electrons. The minimum Gasteiger partial charge on any atom is -0.390 e. The number of anilines is 1. The van der Waals surface area contributed by atoms with Crippen LogP contribution in [0.2, 0.25) is 5.02 Å². The van der Waals surface area contributed by atoms with Crippen LogP contribution in [0.4, 0.5) is 5.69 Å². The van der Waals surface area contributed by atoms with E-state index in [-0.39, 0.29) is 6.04 Å². The van der Waals surface area contributed by atoms with Gasteiger partial charge in [-0.25, -0.2) is 4.79 Å². The molecule has 0 bridgehead atoms. The summed E-state index contributed by atoms with van der Waals surface area (Å²) in [6.07, 6.45) is 1.59. The van der Waals surface area contributed by atoms with Crippen LogP contribution in [0.25, 0.3) is 0 Å². The number of nitrogens with one attached hydrogen (secondary N) is 1. The fourth-order valence-electron chi connectivity index (χ4n) is 4.88. The van der Waals surface area contributed by atoms with Crippen molar-refractivity contribution < 1.29 is 19.7 Å². The van der Waals surface area contributed by atoms with Crippen molar-refractivity contribution in [2.45, 2.75) is 58.3 Å². The van der Waals surface area contributed by atoms with E-state index in [1.54, 1.807) is 0 Å². The number of aliphatic hydroxyl groups is 1. The Morgan fingerprint density at radius 2 is 1.82 bits per heavy atom. The molecule has 8 heteroatoms. The van der Waals surface area contributed by atoms with Crippen molar-refractivity contribution in [1.29, 1.82) is 0 Å². The van der Waals surface area contributed by atoms with Gasteiger partial charge < -0.3 is 15.3 Å². The van der Waals surface area contributed by atoms with Gasteiger partial charge in [0, 0.05) is 37.6 Å². The molecule has 2 fully saturated rings. The number of halogens is 1. The normalized spacial score (nSPS) is 21.6. The number of carbonyl (C=O) groups excluding carboxylic acids is 1. The fourth-order valence-corrected chi connectivity index (χ4v) is 5.01. The Kier molecular flexibility index (Phi) is 7.99. The Morgan fingerprint density at radius 1 is 1.12 bits per heavy atom. The van der Waals surface area contributed by atoms with Crippen molar-refractivity contribution in [3.8, 4) is 5.75 Å². The first kappa shape index (κ1) is 24.8. The van der Waals surface area contributed by atoms with E-state index in [0.717, 1.165) is 54.3 Å². The van der Waals surface area contributed by atoms with Gasteiger partial charge in [0.1, 0.15) is 0 Å². The third-order valence-corrected chi connectivity index (χ3v) is 7.13. The molecule has 2 aromatic carbocycles. The summed E-state index contributed by atoms with van der Waals surface area (Å²) in [5, 5.41) is 15.3. The zero-order chi connectivity index (χ0) is 24.2. The number of hydrogen-bond donors (Lipinski definition) is 2. The van der Waals surface area contributed by atoms with Gasteiger partial charge in [-0.15, -0.1) is 0 Å². The van der Waals surface area contributed by atoms with Crippen LogP contribution in [-0.4, -0.2) is 60.3 Å². The maximum absolute atomic E-state index is 11.2. The van der Waals surface area contributed by atoms with Gasteiger partial charge in [-0.2, -0.15) is 0 Å². The summed E-state index contributed by atoms with van der Waals surface area (Å²) in [6.45, 7) is 9.49. The SMILES string of the molecule is CC(=O)OOc1ccc(C)c(C)c1N1C[C@H](NC2CCN(Cc3ccc(Cl)cc3)CC2)[C@@H](O)C1. The summed E-state index contributed by atoms with van der Waals surface area (Å²) < 4.78 is 0. The van der Waals surface area contributed by atoms with Crippen LogP contribution in [0, 0.1) is 13.8 Å². The lowest BCUT2D eigenvalue weighted by Gasteiger charge is -2.34. The Bertz CT molecular complexity index is 992. The van der Waals surface area contributed by atoms with Gasteiger partial charge >= 0.3 is 5.97 Å². The molecule has 2 saturated heterocycles. The van der Waals surface area contributed by atoms with Crippen LogP contribution >= 0.6 is 11.6 Å². The lowest BCUT2D eigenvalue weighted by atomic mass is 10.0. The number of hydrogen-bond acceptors (Lipinski definition) is 7. The molecule has 2 aliphatic heterocycles. The number of β-amino-alcohol motifs (C(OH)–C–C–N with tert-alkyl or cyclic N) is 1. The minimum atomic E-state index is -0.507. The Labute approximate surface area is 206 Å². The zero-order valence-electron chi connectivity index (χ0n) is 20.1. The molecular weight excluding hydrogens is 454 g/mol. The third kappa shape index (κ3) is 6.02. The number of nitrogens with zero attached hydrogens (tertiary/aromatic N) is 2. The molecule has 4 rings (SSSR count). The standard InChI is InChI=1S/C26H34ClN3O4/c1-17-4-9-25(34-33-19(3)31)26(18(17)2)30-15-23(24(32)16-30)28-22-10-12-29(13-11-22)14-20-5-7-21(27)8-6-20/h4-9,22-24,28,32H,10-16H2,1-3H3/t23-,24-/m0/s1. The minimum absolute atomic E-state index is 0.0331. The molecule has 2 aromatic rings. The van der Waals surface area contributed by atoms with Crippen LogP contribution < -0.4 is 15.1 Å². The molecule has 0 aliphatic carbocycles. The topological polar surface area (TPSA) is 74.3 Å². The summed E-state index contributed by atoms with van der Waals surface area (Å²) in [5.74, 6) is -0.0192. The smallest absolute Gasteiger partial charge is 0.352 e. The van der Waals surface area contributed by atoms with Gasteiger partial charge in [-0.1, -0.05) is 29.8 Å². The quantitative estimate of drug-likeness (QED) is 0.456. The molecule has 0 saturated carbocycles. The monoisotopic (exact) mass is 487 g/mol. The van der Waals surface area contributed by atoms with Gasteiger partial charge in [-0.3, -0.25) is 14.7 Å². The highest BCUT2D eigenvalue weighted by Crippen LogP contribution is 2.36. The van der Waals surface area contributed by atoms with Gasteiger partial charge in [0.2, 0.25) is 5.75 Å². The first-order valence-electron chi connectivity index (χ1n) is 11.9. The maximum atomic E-state index is 11.2. The summed E-state index contributed by atoms with van der Waals surface area (Å²) in [7, 11) is 0. The summed E-state index contributed by atoms with van der Waals surface area (Å²) >= 11 is 6.00. The van der Waals surface area contributed by atoms with Crippen molar-refractivity contribution in [3.05, 3.63) is 58.1 Å². The Balaban J connectivity index is 1.34. The lowest BCUT2D eigenvalue weighted by molar-refractivity contribution is -0.210. The number of aliphatic hydroxyl groups excluding tert-OH is 1. The van der Waals surface area contributed by atoms with E-state index in [2.05, 4.69) is 27.2 Å².